The van der Waals surface area contributed by atoms with Crippen molar-refractivity contribution in [1.29, 1.82) is 0 Å². The molecule has 1 unspecified atom stereocenters. The van der Waals surface area contributed by atoms with Gasteiger partial charge in [-0.25, -0.2) is 0 Å². The molecule has 0 saturated heterocycles. The molecule has 0 bridgehead atoms. The fourth-order valence-electron chi connectivity index (χ4n) is 3.62. The van der Waals surface area contributed by atoms with Crippen LogP contribution in [-0.2, 0) is 4.57 Å². The lowest BCUT2D eigenvalue weighted by atomic mass is 10.1. The number of hydrogen-bond acceptors (Lipinski definition) is 2. The predicted molar refractivity (Wildman–Crippen MR) is 129 cm³/mol. The first-order valence-corrected chi connectivity index (χ1v) is 12.2. The third kappa shape index (κ3) is 4.67. The molecule has 0 aliphatic rings. The van der Waals surface area contributed by atoms with Crippen molar-refractivity contribution in [3.8, 4) is 0 Å². The van der Waals surface area contributed by atoms with Crippen LogP contribution in [0.4, 0.5) is 5.69 Å². The zero-order valence-electron chi connectivity index (χ0n) is 16.5. The maximum atomic E-state index is 14.6. The Kier molecular flexibility index (Phi) is 6.38. The van der Waals surface area contributed by atoms with E-state index in [0.717, 1.165) is 21.9 Å². The molecule has 0 heterocycles. The molecule has 0 aliphatic heterocycles. The van der Waals surface area contributed by atoms with Crippen LogP contribution in [0.25, 0.3) is 0 Å². The van der Waals surface area contributed by atoms with Crippen molar-refractivity contribution in [3.05, 3.63) is 126 Å². The first kappa shape index (κ1) is 20.5. The molecule has 4 rings (SSSR count). The van der Waals surface area contributed by atoms with Crippen molar-refractivity contribution in [3.63, 3.8) is 0 Å². The summed E-state index contributed by atoms with van der Waals surface area (Å²) >= 11 is 6.13. The van der Waals surface area contributed by atoms with Gasteiger partial charge in [-0.2, -0.15) is 0 Å². The second kappa shape index (κ2) is 9.34. The van der Waals surface area contributed by atoms with E-state index in [0.29, 0.717) is 11.2 Å². The molecule has 0 radical (unpaired) electrons. The molecule has 4 aromatic carbocycles. The van der Waals surface area contributed by atoms with E-state index in [2.05, 4.69) is 5.32 Å². The Labute approximate surface area is 182 Å². The van der Waals surface area contributed by atoms with Gasteiger partial charge in [0.15, 0.2) is 0 Å². The van der Waals surface area contributed by atoms with E-state index >= 15 is 0 Å². The van der Waals surface area contributed by atoms with Crippen molar-refractivity contribution in [1.82, 2.24) is 0 Å². The lowest BCUT2D eigenvalue weighted by Gasteiger charge is -2.27. The second-order valence-corrected chi connectivity index (χ2v) is 10.5. The fourth-order valence-corrected chi connectivity index (χ4v) is 6.59. The van der Waals surface area contributed by atoms with Gasteiger partial charge in [-0.3, -0.25) is 0 Å². The van der Waals surface area contributed by atoms with Crippen LogP contribution in [0, 0.1) is 0 Å². The summed E-state index contributed by atoms with van der Waals surface area (Å²) in [4.78, 5) is 0. The maximum Gasteiger partial charge on any atom is 0.145 e. The summed E-state index contributed by atoms with van der Waals surface area (Å²) in [6.07, 6.45) is 0.456. The van der Waals surface area contributed by atoms with Gasteiger partial charge in [-0.1, -0.05) is 103 Å². The summed E-state index contributed by atoms with van der Waals surface area (Å²) in [5.74, 6) is 0. The van der Waals surface area contributed by atoms with Crippen LogP contribution in [0.2, 0.25) is 5.02 Å². The van der Waals surface area contributed by atoms with E-state index in [1.807, 2.05) is 115 Å². The summed E-state index contributed by atoms with van der Waals surface area (Å²) in [6.45, 7) is 0. The predicted octanol–water partition coefficient (Wildman–Crippen LogP) is 6.51. The van der Waals surface area contributed by atoms with Gasteiger partial charge in [0.25, 0.3) is 0 Å². The molecule has 2 nitrogen and oxygen atoms in total. The average Bonchev–Trinajstić information content (AvgIpc) is 2.81. The van der Waals surface area contributed by atoms with Crippen LogP contribution >= 0.6 is 18.7 Å². The summed E-state index contributed by atoms with van der Waals surface area (Å²) in [6, 6.07) is 37.2. The number of hydrogen-bond donors (Lipinski definition) is 1. The minimum Gasteiger partial charge on any atom is -0.378 e. The van der Waals surface area contributed by atoms with E-state index in [-0.39, 0.29) is 6.04 Å². The van der Waals surface area contributed by atoms with Crippen LogP contribution in [0.3, 0.4) is 0 Å². The Balaban J connectivity index is 1.78. The first-order chi connectivity index (χ1) is 14.6. The minimum atomic E-state index is -2.89. The van der Waals surface area contributed by atoms with Gasteiger partial charge in [-0.15, -0.1) is 0 Å². The topological polar surface area (TPSA) is 29.1 Å². The molecule has 1 N–H and O–H groups in total. The summed E-state index contributed by atoms with van der Waals surface area (Å²) in [7, 11) is -2.89. The molecular weight excluding hydrogens is 409 g/mol. The van der Waals surface area contributed by atoms with E-state index < -0.39 is 7.14 Å². The summed E-state index contributed by atoms with van der Waals surface area (Å²) < 4.78 is 14.6. The minimum absolute atomic E-state index is 0.143. The van der Waals surface area contributed by atoms with Crippen LogP contribution in [0.1, 0.15) is 11.6 Å². The number of nitrogens with one attached hydrogen (secondary N) is 1. The van der Waals surface area contributed by atoms with Crippen LogP contribution < -0.4 is 15.9 Å². The highest BCUT2D eigenvalue weighted by Gasteiger charge is 2.31. The standard InChI is InChI=1S/C26H23ClNOP/c27-22-18-16-21(17-19-22)26(28-23-10-4-1-5-11-23)20-30(29,24-12-6-2-7-13-24)25-14-8-3-9-15-25/h1-19,26,28H,20H2. The Morgan fingerprint density at radius 1 is 0.667 bits per heavy atom. The van der Waals surface area contributed by atoms with E-state index in [4.69, 9.17) is 11.6 Å². The Bertz CT molecular complexity index is 1070. The largest absolute Gasteiger partial charge is 0.378 e. The van der Waals surface area contributed by atoms with Crippen molar-refractivity contribution in [2.24, 2.45) is 0 Å². The average molecular weight is 432 g/mol. The fraction of sp³-hybridized carbons (Fsp3) is 0.0769. The molecule has 0 aromatic heterocycles. The van der Waals surface area contributed by atoms with Crippen LogP contribution in [-0.4, -0.2) is 6.16 Å². The second-order valence-electron chi connectivity index (χ2n) is 7.21. The summed E-state index contributed by atoms with van der Waals surface area (Å²) in [5, 5.41) is 6.01. The lowest BCUT2D eigenvalue weighted by Crippen LogP contribution is -2.25. The van der Waals surface area contributed by atoms with Crippen LogP contribution in [0.5, 0.6) is 0 Å². The van der Waals surface area contributed by atoms with Crippen molar-refractivity contribution in [2.45, 2.75) is 6.04 Å². The third-order valence-electron chi connectivity index (χ3n) is 5.17. The van der Waals surface area contributed by atoms with Gasteiger partial charge in [0.2, 0.25) is 0 Å². The number of anilines is 1. The molecule has 4 aromatic rings. The molecule has 0 fully saturated rings. The number of rotatable bonds is 7. The van der Waals surface area contributed by atoms with Gasteiger partial charge in [0, 0.05) is 27.5 Å². The highest BCUT2D eigenvalue weighted by molar-refractivity contribution is 7.78. The maximum absolute atomic E-state index is 14.6. The highest BCUT2D eigenvalue weighted by atomic mass is 35.5. The number of halogens is 1. The molecule has 0 saturated carbocycles. The monoisotopic (exact) mass is 431 g/mol. The quantitative estimate of drug-likeness (QED) is 0.338. The van der Waals surface area contributed by atoms with Crippen molar-refractivity contribution in [2.75, 3.05) is 11.5 Å². The Hall–Kier alpha value is -2.80. The molecule has 4 heteroatoms. The molecule has 0 aliphatic carbocycles. The zero-order chi connectivity index (χ0) is 20.8. The van der Waals surface area contributed by atoms with Crippen molar-refractivity contribution >= 4 is 35.0 Å². The van der Waals surface area contributed by atoms with Gasteiger partial charge < -0.3 is 9.88 Å². The SMILES string of the molecule is O=P(CC(Nc1ccccc1)c1ccc(Cl)cc1)(c1ccccc1)c1ccccc1. The van der Waals surface area contributed by atoms with E-state index in [1.165, 1.54) is 0 Å². The van der Waals surface area contributed by atoms with Crippen molar-refractivity contribution < 1.29 is 4.57 Å². The molecule has 0 spiro atoms. The molecule has 150 valence electrons. The number of benzene rings is 4. The Morgan fingerprint density at radius 3 is 1.63 bits per heavy atom. The van der Waals surface area contributed by atoms with Gasteiger partial charge in [0.05, 0.1) is 6.04 Å². The lowest BCUT2D eigenvalue weighted by molar-refractivity contribution is 0.584. The van der Waals surface area contributed by atoms with E-state index in [9.17, 15) is 4.57 Å². The van der Waals surface area contributed by atoms with E-state index in [1.54, 1.807) is 0 Å². The van der Waals surface area contributed by atoms with Gasteiger partial charge >= 0.3 is 0 Å². The highest BCUT2D eigenvalue weighted by Crippen LogP contribution is 2.47. The first-order valence-electron chi connectivity index (χ1n) is 9.92. The number of para-hydroxylation sites is 1. The van der Waals surface area contributed by atoms with Gasteiger partial charge in [0.1, 0.15) is 7.14 Å². The summed E-state index contributed by atoms with van der Waals surface area (Å²) in [5.41, 5.74) is 2.04. The normalized spacial score (nSPS) is 12.3. The smallest absolute Gasteiger partial charge is 0.145 e. The molecule has 0 amide bonds. The zero-order valence-corrected chi connectivity index (χ0v) is 18.1. The molecular formula is C26H23ClNOP. The molecule has 1 atom stereocenters. The Morgan fingerprint density at radius 2 is 1.13 bits per heavy atom. The van der Waals surface area contributed by atoms with Crippen LogP contribution in [0.15, 0.2) is 115 Å². The molecule has 30 heavy (non-hydrogen) atoms. The van der Waals surface area contributed by atoms with Gasteiger partial charge in [-0.05, 0) is 29.8 Å². The third-order valence-corrected chi connectivity index (χ3v) is 8.57.